The Morgan fingerprint density at radius 3 is 2.51 bits per heavy atom. The fourth-order valence-electron chi connectivity index (χ4n) is 4.72. The van der Waals surface area contributed by atoms with E-state index in [9.17, 15) is 9.18 Å². The van der Waals surface area contributed by atoms with Crippen LogP contribution in [0.2, 0.25) is 0 Å². The first-order valence-corrected chi connectivity index (χ1v) is 12.4. The predicted molar refractivity (Wildman–Crippen MR) is 141 cm³/mol. The molecule has 1 unspecified atom stereocenters. The first kappa shape index (κ1) is 24.5. The maximum Gasteiger partial charge on any atom is 0.252 e. The number of nitrogens with zero attached hydrogens (tertiary/aromatic N) is 5. The van der Waals surface area contributed by atoms with Crippen LogP contribution < -0.4 is 5.56 Å². The number of halogens is 1. The number of pyridine rings is 1. The maximum atomic E-state index is 13.6. The molecule has 37 heavy (non-hydrogen) atoms. The summed E-state index contributed by atoms with van der Waals surface area (Å²) in [6.07, 6.45) is 0.723. The zero-order valence-corrected chi connectivity index (χ0v) is 20.9. The standard InChI is InChI=1S/C29H29FN6O/c1-3-27(28-32-33-34-36(28)18-21-7-5-4-6-8-21)35(17-22-10-13-25(30)14-11-22)19-24-16-23-12-9-20(2)15-26(23)31-29(24)37/h4-16,27H,3,17-19H2,1-2H3,(H,31,37). The second kappa shape index (κ2) is 10.8. The Kier molecular flexibility index (Phi) is 7.18. The first-order chi connectivity index (χ1) is 18.0. The van der Waals surface area contributed by atoms with Gasteiger partial charge in [-0.25, -0.2) is 9.07 Å². The van der Waals surface area contributed by atoms with Crippen molar-refractivity contribution in [2.45, 2.75) is 45.9 Å². The summed E-state index contributed by atoms with van der Waals surface area (Å²) in [5.41, 5.74) is 4.47. The Bertz CT molecular complexity index is 1540. The van der Waals surface area contributed by atoms with Crippen LogP contribution in [0.25, 0.3) is 10.9 Å². The second-order valence-corrected chi connectivity index (χ2v) is 9.35. The average molecular weight is 497 g/mol. The summed E-state index contributed by atoms with van der Waals surface area (Å²) in [4.78, 5) is 18.3. The molecule has 1 N–H and O–H groups in total. The number of benzene rings is 3. The van der Waals surface area contributed by atoms with Crippen molar-refractivity contribution in [2.75, 3.05) is 0 Å². The van der Waals surface area contributed by atoms with Crippen LogP contribution in [-0.4, -0.2) is 30.1 Å². The minimum absolute atomic E-state index is 0.124. The third-order valence-electron chi connectivity index (χ3n) is 6.61. The van der Waals surface area contributed by atoms with Crippen LogP contribution in [0.5, 0.6) is 0 Å². The largest absolute Gasteiger partial charge is 0.322 e. The van der Waals surface area contributed by atoms with Crippen LogP contribution in [0.1, 0.15) is 47.5 Å². The lowest BCUT2D eigenvalue weighted by Gasteiger charge is -2.30. The van der Waals surface area contributed by atoms with Crippen molar-refractivity contribution in [3.05, 3.63) is 123 Å². The van der Waals surface area contributed by atoms with Gasteiger partial charge in [0.1, 0.15) is 5.82 Å². The molecule has 0 radical (unpaired) electrons. The molecule has 3 aromatic carbocycles. The number of aryl methyl sites for hydroxylation is 1. The average Bonchev–Trinajstić information content (AvgIpc) is 3.34. The molecule has 1 atom stereocenters. The van der Waals surface area contributed by atoms with Crippen LogP contribution in [0.15, 0.2) is 83.7 Å². The molecule has 0 fully saturated rings. The van der Waals surface area contributed by atoms with Crippen molar-refractivity contribution in [2.24, 2.45) is 0 Å². The zero-order chi connectivity index (χ0) is 25.8. The predicted octanol–water partition coefficient (Wildman–Crippen LogP) is 5.16. The third-order valence-corrected chi connectivity index (χ3v) is 6.61. The highest BCUT2D eigenvalue weighted by atomic mass is 19.1. The van der Waals surface area contributed by atoms with Crippen molar-refractivity contribution in [1.82, 2.24) is 30.1 Å². The van der Waals surface area contributed by atoms with Gasteiger partial charge in [0.25, 0.3) is 5.56 Å². The molecule has 8 heteroatoms. The van der Waals surface area contributed by atoms with Gasteiger partial charge >= 0.3 is 0 Å². The number of tetrazole rings is 1. The molecular formula is C29H29FN6O. The summed E-state index contributed by atoms with van der Waals surface area (Å²) in [5.74, 6) is 0.441. The lowest BCUT2D eigenvalue weighted by Crippen LogP contribution is -2.32. The number of nitrogens with one attached hydrogen (secondary N) is 1. The lowest BCUT2D eigenvalue weighted by atomic mass is 10.1. The summed E-state index contributed by atoms with van der Waals surface area (Å²) < 4.78 is 15.4. The Morgan fingerprint density at radius 1 is 0.973 bits per heavy atom. The lowest BCUT2D eigenvalue weighted by molar-refractivity contribution is 0.161. The maximum absolute atomic E-state index is 13.6. The van der Waals surface area contributed by atoms with Gasteiger partial charge < -0.3 is 4.98 Å². The SMILES string of the molecule is CCC(c1nnnn1Cc1ccccc1)N(Cc1ccc(F)cc1)Cc1cc2ccc(C)cc2[nH]c1=O. The van der Waals surface area contributed by atoms with Gasteiger partial charge in [-0.15, -0.1) is 5.10 Å². The Morgan fingerprint density at radius 2 is 1.76 bits per heavy atom. The van der Waals surface area contributed by atoms with Crippen molar-refractivity contribution >= 4 is 10.9 Å². The molecule has 5 aromatic rings. The topological polar surface area (TPSA) is 79.7 Å². The summed E-state index contributed by atoms with van der Waals surface area (Å²) >= 11 is 0. The highest BCUT2D eigenvalue weighted by molar-refractivity contribution is 5.79. The van der Waals surface area contributed by atoms with E-state index in [-0.39, 0.29) is 17.4 Å². The van der Waals surface area contributed by atoms with Gasteiger partial charge in [-0.1, -0.05) is 61.5 Å². The van der Waals surface area contributed by atoms with Crippen molar-refractivity contribution in [1.29, 1.82) is 0 Å². The summed E-state index contributed by atoms with van der Waals surface area (Å²) in [5, 5.41) is 13.6. The smallest absolute Gasteiger partial charge is 0.252 e. The second-order valence-electron chi connectivity index (χ2n) is 9.35. The molecule has 7 nitrogen and oxygen atoms in total. The van der Waals surface area contributed by atoms with Gasteiger partial charge in [-0.3, -0.25) is 9.69 Å². The molecule has 2 heterocycles. The van der Waals surface area contributed by atoms with E-state index in [1.54, 1.807) is 12.1 Å². The molecule has 188 valence electrons. The van der Waals surface area contributed by atoms with E-state index >= 15 is 0 Å². The number of aromatic nitrogens is 5. The van der Waals surface area contributed by atoms with Gasteiger partial charge in [0, 0.05) is 24.2 Å². The minimum atomic E-state index is -0.282. The Hall–Kier alpha value is -4.17. The number of hydrogen-bond acceptors (Lipinski definition) is 5. The number of fused-ring (bicyclic) bond motifs is 1. The highest BCUT2D eigenvalue weighted by Crippen LogP contribution is 2.27. The van der Waals surface area contributed by atoms with Crippen LogP contribution in [0.4, 0.5) is 4.39 Å². The molecule has 0 bridgehead atoms. The number of aromatic amines is 1. The molecule has 0 saturated carbocycles. The molecule has 0 saturated heterocycles. The first-order valence-electron chi connectivity index (χ1n) is 12.4. The normalized spacial score (nSPS) is 12.3. The van der Waals surface area contributed by atoms with Crippen LogP contribution in [0.3, 0.4) is 0 Å². The van der Waals surface area contributed by atoms with Gasteiger partial charge in [-0.05, 0) is 70.1 Å². The zero-order valence-electron chi connectivity index (χ0n) is 20.9. The minimum Gasteiger partial charge on any atom is -0.322 e. The Balaban J connectivity index is 1.52. The molecule has 0 aliphatic rings. The quantitative estimate of drug-likeness (QED) is 0.305. The summed E-state index contributed by atoms with van der Waals surface area (Å²) in [7, 11) is 0. The molecular weight excluding hydrogens is 467 g/mol. The van der Waals surface area contributed by atoms with E-state index in [1.807, 2.05) is 66.2 Å². The number of H-pyrrole nitrogens is 1. The molecule has 0 amide bonds. The highest BCUT2D eigenvalue weighted by Gasteiger charge is 2.26. The van der Waals surface area contributed by atoms with E-state index in [2.05, 4.69) is 32.3 Å². The van der Waals surface area contributed by atoms with E-state index in [0.717, 1.165) is 39.8 Å². The van der Waals surface area contributed by atoms with E-state index in [1.165, 1.54) is 12.1 Å². The van der Waals surface area contributed by atoms with Crippen LogP contribution in [0, 0.1) is 12.7 Å². The van der Waals surface area contributed by atoms with Gasteiger partial charge in [-0.2, -0.15) is 0 Å². The molecule has 0 aliphatic heterocycles. The molecule has 0 aliphatic carbocycles. The molecule has 2 aromatic heterocycles. The van der Waals surface area contributed by atoms with Crippen molar-refractivity contribution in [3.63, 3.8) is 0 Å². The van der Waals surface area contributed by atoms with Crippen LogP contribution >= 0.6 is 0 Å². The monoisotopic (exact) mass is 496 g/mol. The van der Waals surface area contributed by atoms with Gasteiger partial charge in [0.15, 0.2) is 5.82 Å². The fourth-order valence-corrected chi connectivity index (χ4v) is 4.72. The third kappa shape index (κ3) is 5.65. The van der Waals surface area contributed by atoms with Crippen molar-refractivity contribution in [3.8, 4) is 0 Å². The van der Waals surface area contributed by atoms with E-state index < -0.39 is 0 Å². The summed E-state index contributed by atoms with van der Waals surface area (Å²) in [6.45, 7) is 5.51. The number of hydrogen-bond donors (Lipinski definition) is 1. The number of rotatable bonds is 9. The summed E-state index contributed by atoms with van der Waals surface area (Å²) in [6, 6.07) is 24.3. The molecule has 5 rings (SSSR count). The Labute approximate surface area is 214 Å². The van der Waals surface area contributed by atoms with Crippen molar-refractivity contribution < 1.29 is 4.39 Å². The molecule has 0 spiro atoms. The van der Waals surface area contributed by atoms with Crippen LogP contribution in [-0.2, 0) is 19.6 Å². The van der Waals surface area contributed by atoms with E-state index in [0.29, 0.717) is 25.2 Å². The fraction of sp³-hybridized carbons (Fsp3) is 0.241. The van der Waals surface area contributed by atoms with Gasteiger partial charge in [0.2, 0.25) is 0 Å². The van der Waals surface area contributed by atoms with Gasteiger partial charge in [0.05, 0.1) is 12.6 Å². The van der Waals surface area contributed by atoms with E-state index in [4.69, 9.17) is 0 Å².